The van der Waals surface area contributed by atoms with Crippen LogP contribution in [0.15, 0.2) is 18.5 Å². The Bertz CT molecular complexity index is 450. The molecule has 0 aliphatic rings. The van der Waals surface area contributed by atoms with Crippen LogP contribution >= 0.6 is 0 Å². The number of aryl methyl sites for hydroxylation is 1. The highest BCUT2D eigenvalue weighted by Crippen LogP contribution is 2.03. The quantitative estimate of drug-likeness (QED) is 0.581. The zero-order valence-electron chi connectivity index (χ0n) is 10.6. The molecule has 0 radical (unpaired) electrons. The first-order valence-electron chi connectivity index (χ1n) is 5.82. The number of carboxylic acids is 1. The van der Waals surface area contributed by atoms with Crippen LogP contribution in [-0.2, 0) is 11.3 Å². The number of carbonyl (C=O) groups is 2. The number of carboxylic acid groups (broad SMARTS) is 1. The lowest BCUT2D eigenvalue weighted by Gasteiger charge is -2.14. The number of aliphatic hydroxyl groups is 1. The van der Waals surface area contributed by atoms with Gasteiger partial charge in [-0.25, -0.2) is 9.59 Å². The molecular formula is C12H17N3O4. The highest BCUT2D eigenvalue weighted by molar-refractivity contribution is 5.82. The van der Waals surface area contributed by atoms with Crippen molar-refractivity contribution in [3.8, 4) is 0 Å². The number of carbonyl (C=O) groups excluding carboxylic acids is 1. The molecule has 1 aromatic heterocycles. The van der Waals surface area contributed by atoms with Crippen molar-refractivity contribution in [3.05, 3.63) is 29.6 Å². The zero-order chi connectivity index (χ0) is 14.3. The second kappa shape index (κ2) is 7.32. The first-order chi connectivity index (χ1) is 9.04. The van der Waals surface area contributed by atoms with E-state index in [1.54, 1.807) is 18.5 Å². The Hall–Kier alpha value is -2.15. The zero-order valence-corrected chi connectivity index (χ0v) is 10.6. The number of amides is 2. The average molecular weight is 267 g/mol. The molecule has 1 heterocycles. The van der Waals surface area contributed by atoms with Crippen molar-refractivity contribution >= 4 is 12.0 Å². The molecule has 104 valence electrons. The maximum absolute atomic E-state index is 11.5. The molecule has 7 nitrogen and oxygen atoms in total. The Kier molecular flexibility index (Phi) is 5.74. The van der Waals surface area contributed by atoms with Crippen molar-refractivity contribution < 1.29 is 19.8 Å². The first kappa shape index (κ1) is 14.9. The fourth-order valence-electron chi connectivity index (χ4n) is 1.47. The Morgan fingerprint density at radius 1 is 1.47 bits per heavy atom. The first-order valence-corrected chi connectivity index (χ1v) is 5.82. The van der Waals surface area contributed by atoms with Gasteiger partial charge in [-0.05, 0) is 24.1 Å². The molecule has 0 saturated heterocycles. The minimum absolute atomic E-state index is 0.0307. The summed E-state index contributed by atoms with van der Waals surface area (Å²) in [7, 11) is 0. The largest absolute Gasteiger partial charge is 0.480 e. The number of hydrogen-bond acceptors (Lipinski definition) is 4. The molecule has 1 rings (SSSR count). The van der Waals surface area contributed by atoms with Gasteiger partial charge in [0.15, 0.2) is 0 Å². The van der Waals surface area contributed by atoms with Crippen LogP contribution < -0.4 is 10.6 Å². The lowest BCUT2D eigenvalue weighted by molar-refractivity contribution is -0.139. The van der Waals surface area contributed by atoms with Crippen LogP contribution in [0.2, 0.25) is 0 Å². The third kappa shape index (κ3) is 4.92. The van der Waals surface area contributed by atoms with Crippen molar-refractivity contribution in [1.29, 1.82) is 0 Å². The van der Waals surface area contributed by atoms with E-state index in [-0.39, 0.29) is 19.6 Å². The smallest absolute Gasteiger partial charge is 0.326 e. The number of pyridine rings is 1. The summed E-state index contributed by atoms with van der Waals surface area (Å²) in [6.07, 6.45) is 3.27. The Balaban J connectivity index is 2.47. The van der Waals surface area contributed by atoms with Gasteiger partial charge in [0.1, 0.15) is 6.04 Å². The highest BCUT2D eigenvalue weighted by atomic mass is 16.4. The van der Waals surface area contributed by atoms with Crippen LogP contribution in [-0.4, -0.2) is 39.8 Å². The Morgan fingerprint density at radius 3 is 2.79 bits per heavy atom. The predicted octanol–water partition coefficient (Wildman–Crippen LogP) is 0.0248. The van der Waals surface area contributed by atoms with Crippen molar-refractivity contribution in [2.45, 2.75) is 25.9 Å². The number of aliphatic carboxylic acids is 1. The number of hydrogen-bond donors (Lipinski definition) is 4. The molecule has 1 unspecified atom stereocenters. The summed E-state index contributed by atoms with van der Waals surface area (Å²) in [5.41, 5.74) is 1.84. The van der Waals surface area contributed by atoms with Gasteiger partial charge in [-0.1, -0.05) is 0 Å². The number of aliphatic hydroxyl groups excluding tert-OH is 1. The lowest BCUT2D eigenvalue weighted by Crippen LogP contribution is -2.46. The molecule has 1 aromatic rings. The van der Waals surface area contributed by atoms with Gasteiger partial charge >= 0.3 is 12.0 Å². The van der Waals surface area contributed by atoms with Gasteiger partial charge in [-0.15, -0.1) is 0 Å². The summed E-state index contributed by atoms with van der Waals surface area (Å²) < 4.78 is 0. The van der Waals surface area contributed by atoms with Gasteiger partial charge < -0.3 is 20.8 Å². The van der Waals surface area contributed by atoms with E-state index in [1.165, 1.54) is 0 Å². The summed E-state index contributed by atoms with van der Waals surface area (Å²) in [6.45, 7) is 1.85. The summed E-state index contributed by atoms with van der Waals surface area (Å²) >= 11 is 0. The van der Waals surface area contributed by atoms with Crippen molar-refractivity contribution in [2.75, 3.05) is 6.61 Å². The molecule has 1 atom stereocenters. The number of rotatable bonds is 6. The van der Waals surface area contributed by atoms with E-state index in [0.717, 1.165) is 11.1 Å². The maximum atomic E-state index is 11.5. The predicted molar refractivity (Wildman–Crippen MR) is 67.5 cm³/mol. The van der Waals surface area contributed by atoms with Gasteiger partial charge in [0.25, 0.3) is 0 Å². The van der Waals surface area contributed by atoms with E-state index in [2.05, 4.69) is 15.6 Å². The second-order valence-electron chi connectivity index (χ2n) is 4.03. The molecule has 0 aliphatic carbocycles. The molecule has 0 bridgehead atoms. The normalized spacial score (nSPS) is 11.7. The van der Waals surface area contributed by atoms with Gasteiger partial charge in [-0.2, -0.15) is 0 Å². The van der Waals surface area contributed by atoms with E-state index < -0.39 is 18.0 Å². The average Bonchev–Trinajstić information content (AvgIpc) is 2.37. The topological polar surface area (TPSA) is 112 Å². The van der Waals surface area contributed by atoms with Crippen LogP contribution in [0.5, 0.6) is 0 Å². The van der Waals surface area contributed by atoms with Gasteiger partial charge in [0.2, 0.25) is 0 Å². The number of aromatic nitrogens is 1. The van der Waals surface area contributed by atoms with Crippen LogP contribution in [0.4, 0.5) is 4.79 Å². The fraction of sp³-hybridized carbons (Fsp3) is 0.417. The Morgan fingerprint density at radius 2 is 2.21 bits per heavy atom. The molecule has 2 amide bonds. The molecule has 4 N–H and O–H groups in total. The standard InChI is InChI=1S/C12H17N3O4/c1-8-6-13-4-2-9(8)7-14-12(19)15-10(3-5-16)11(17)18/h2,4,6,10,16H,3,5,7H2,1H3,(H,17,18)(H2,14,15,19). The Labute approximate surface area is 110 Å². The van der Waals surface area contributed by atoms with E-state index >= 15 is 0 Å². The van der Waals surface area contributed by atoms with Crippen molar-refractivity contribution in [2.24, 2.45) is 0 Å². The summed E-state index contributed by atoms with van der Waals surface area (Å²) in [5.74, 6) is -1.18. The monoisotopic (exact) mass is 267 g/mol. The van der Waals surface area contributed by atoms with Gasteiger partial charge in [0.05, 0.1) is 0 Å². The van der Waals surface area contributed by atoms with Crippen LogP contribution in [0.1, 0.15) is 17.5 Å². The molecule has 0 spiro atoms. The molecule has 0 saturated carbocycles. The van der Waals surface area contributed by atoms with Gasteiger partial charge in [-0.3, -0.25) is 4.98 Å². The van der Waals surface area contributed by atoms with Crippen LogP contribution in [0.3, 0.4) is 0 Å². The molecular weight excluding hydrogens is 250 g/mol. The van der Waals surface area contributed by atoms with E-state index in [0.29, 0.717) is 0 Å². The SMILES string of the molecule is Cc1cnccc1CNC(=O)NC(CCO)C(=O)O. The maximum Gasteiger partial charge on any atom is 0.326 e. The number of nitrogens with zero attached hydrogens (tertiary/aromatic N) is 1. The van der Waals surface area contributed by atoms with Crippen molar-refractivity contribution in [3.63, 3.8) is 0 Å². The minimum Gasteiger partial charge on any atom is -0.480 e. The lowest BCUT2D eigenvalue weighted by atomic mass is 10.1. The summed E-state index contributed by atoms with van der Waals surface area (Å²) in [6, 6.07) is 0.0958. The number of nitrogens with one attached hydrogen (secondary N) is 2. The summed E-state index contributed by atoms with van der Waals surface area (Å²) in [5, 5.41) is 22.4. The summed E-state index contributed by atoms with van der Waals surface area (Å²) in [4.78, 5) is 26.3. The van der Waals surface area contributed by atoms with Crippen LogP contribution in [0.25, 0.3) is 0 Å². The van der Waals surface area contributed by atoms with E-state index in [1.807, 2.05) is 6.92 Å². The molecule has 19 heavy (non-hydrogen) atoms. The van der Waals surface area contributed by atoms with Crippen molar-refractivity contribution in [1.82, 2.24) is 15.6 Å². The van der Waals surface area contributed by atoms with Crippen LogP contribution in [0, 0.1) is 6.92 Å². The van der Waals surface area contributed by atoms with E-state index in [4.69, 9.17) is 10.2 Å². The highest BCUT2D eigenvalue weighted by Gasteiger charge is 2.18. The third-order valence-corrected chi connectivity index (χ3v) is 2.60. The van der Waals surface area contributed by atoms with Gasteiger partial charge in [0, 0.05) is 32.0 Å². The molecule has 7 heteroatoms. The molecule has 0 aliphatic heterocycles. The number of urea groups is 1. The molecule has 0 fully saturated rings. The third-order valence-electron chi connectivity index (χ3n) is 2.60. The minimum atomic E-state index is -1.18. The second-order valence-corrected chi connectivity index (χ2v) is 4.03. The van der Waals surface area contributed by atoms with E-state index in [9.17, 15) is 9.59 Å². The molecule has 0 aromatic carbocycles. The fourth-order valence-corrected chi connectivity index (χ4v) is 1.47.